The molecule has 0 N–H and O–H groups in total. The normalized spacial score (nSPS) is 18.1. The van der Waals surface area contributed by atoms with Crippen LogP contribution in [0.1, 0.15) is 29.8 Å². The molecular formula is C17H24N6. The van der Waals surface area contributed by atoms with E-state index >= 15 is 0 Å². The summed E-state index contributed by atoms with van der Waals surface area (Å²) in [6, 6.07) is 0.575. The molecule has 1 fully saturated rings. The van der Waals surface area contributed by atoms with Gasteiger partial charge in [-0.1, -0.05) is 0 Å². The highest BCUT2D eigenvalue weighted by Gasteiger charge is 2.32. The van der Waals surface area contributed by atoms with Gasteiger partial charge in [-0.25, -0.2) is 4.98 Å². The third-order valence-corrected chi connectivity index (χ3v) is 5.21. The van der Waals surface area contributed by atoms with Gasteiger partial charge in [0.15, 0.2) is 0 Å². The number of fused-ring (bicyclic) bond motifs is 1. The van der Waals surface area contributed by atoms with E-state index < -0.39 is 0 Å². The van der Waals surface area contributed by atoms with Crippen molar-refractivity contribution in [3.8, 4) is 0 Å². The smallest absolute Gasteiger partial charge is 0.147 e. The SMILES string of the molecule is CN(Cc1c2c(nn1C)CCCC2)C1CN(c2cnccn2)C1. The Morgan fingerprint density at radius 3 is 2.83 bits per heavy atom. The zero-order valence-corrected chi connectivity index (χ0v) is 13.9. The van der Waals surface area contributed by atoms with Crippen molar-refractivity contribution in [3.05, 3.63) is 35.5 Å². The fourth-order valence-corrected chi connectivity index (χ4v) is 3.69. The van der Waals surface area contributed by atoms with E-state index in [1.807, 2.05) is 6.20 Å². The number of aromatic nitrogens is 4. The summed E-state index contributed by atoms with van der Waals surface area (Å²) in [6.07, 6.45) is 10.3. The fourth-order valence-electron chi connectivity index (χ4n) is 3.69. The first kappa shape index (κ1) is 14.6. The van der Waals surface area contributed by atoms with Crippen molar-refractivity contribution in [2.45, 2.75) is 38.3 Å². The van der Waals surface area contributed by atoms with Crippen molar-refractivity contribution >= 4 is 5.82 Å². The van der Waals surface area contributed by atoms with Crippen LogP contribution >= 0.6 is 0 Å². The average Bonchev–Trinajstić information content (AvgIpc) is 2.83. The molecule has 4 rings (SSSR count). The first-order valence-electron chi connectivity index (χ1n) is 8.47. The second-order valence-electron chi connectivity index (χ2n) is 6.74. The molecule has 23 heavy (non-hydrogen) atoms. The molecule has 0 saturated carbocycles. The molecule has 0 amide bonds. The van der Waals surface area contributed by atoms with Crippen LogP contribution in [0.4, 0.5) is 5.82 Å². The summed E-state index contributed by atoms with van der Waals surface area (Å²) in [4.78, 5) is 13.3. The molecule has 122 valence electrons. The minimum absolute atomic E-state index is 0.575. The van der Waals surface area contributed by atoms with Gasteiger partial charge in [0.1, 0.15) is 5.82 Å². The van der Waals surface area contributed by atoms with E-state index in [2.05, 4.69) is 38.5 Å². The van der Waals surface area contributed by atoms with Crippen LogP contribution in [0, 0.1) is 0 Å². The molecule has 2 aliphatic rings. The van der Waals surface area contributed by atoms with E-state index in [0.29, 0.717) is 6.04 Å². The molecule has 0 unspecified atom stereocenters. The van der Waals surface area contributed by atoms with E-state index in [1.165, 1.54) is 36.2 Å². The van der Waals surface area contributed by atoms with Crippen molar-refractivity contribution in [2.75, 3.05) is 25.0 Å². The maximum Gasteiger partial charge on any atom is 0.147 e. The number of hydrogen-bond donors (Lipinski definition) is 0. The molecule has 1 aliphatic carbocycles. The second-order valence-corrected chi connectivity index (χ2v) is 6.74. The van der Waals surface area contributed by atoms with E-state index in [4.69, 9.17) is 5.10 Å². The van der Waals surface area contributed by atoms with Gasteiger partial charge in [0, 0.05) is 45.1 Å². The fraction of sp³-hybridized carbons (Fsp3) is 0.588. The standard InChI is InChI=1S/C17H24N6/c1-21(13-10-23(11-13)17-9-18-7-8-19-17)12-16-14-5-3-4-6-15(14)20-22(16)2/h7-9,13H,3-6,10-12H2,1-2H3. The molecule has 3 heterocycles. The minimum Gasteiger partial charge on any atom is -0.352 e. The summed E-state index contributed by atoms with van der Waals surface area (Å²) in [5.74, 6) is 0.982. The Balaban J connectivity index is 1.40. The van der Waals surface area contributed by atoms with Crippen molar-refractivity contribution in [3.63, 3.8) is 0 Å². The second kappa shape index (κ2) is 5.92. The van der Waals surface area contributed by atoms with Crippen molar-refractivity contribution in [2.24, 2.45) is 7.05 Å². The van der Waals surface area contributed by atoms with Gasteiger partial charge < -0.3 is 4.90 Å². The topological polar surface area (TPSA) is 50.1 Å². The molecular weight excluding hydrogens is 288 g/mol. The Bertz CT molecular complexity index is 674. The first-order chi connectivity index (χ1) is 11.2. The summed E-state index contributed by atoms with van der Waals surface area (Å²) in [7, 11) is 4.31. The highest BCUT2D eigenvalue weighted by atomic mass is 15.3. The Labute approximate surface area is 137 Å². The third-order valence-electron chi connectivity index (χ3n) is 5.21. The number of likely N-dealkylation sites (N-methyl/N-ethyl adjacent to an activating group) is 1. The van der Waals surface area contributed by atoms with E-state index in [-0.39, 0.29) is 0 Å². The lowest BCUT2D eigenvalue weighted by molar-refractivity contribution is 0.192. The summed E-state index contributed by atoms with van der Waals surface area (Å²) in [5, 5.41) is 4.73. The number of rotatable bonds is 4. The molecule has 0 aromatic carbocycles. The minimum atomic E-state index is 0.575. The van der Waals surface area contributed by atoms with Gasteiger partial charge in [-0.05, 0) is 38.3 Å². The number of nitrogens with zero attached hydrogens (tertiary/aromatic N) is 6. The van der Waals surface area contributed by atoms with Gasteiger partial charge in [-0.2, -0.15) is 5.10 Å². The van der Waals surface area contributed by atoms with Crippen LogP contribution in [-0.4, -0.2) is 50.8 Å². The summed E-state index contributed by atoms with van der Waals surface area (Å²) in [6.45, 7) is 3.03. The van der Waals surface area contributed by atoms with Crippen LogP contribution in [0.3, 0.4) is 0 Å². The summed E-state index contributed by atoms with van der Waals surface area (Å²) >= 11 is 0. The van der Waals surface area contributed by atoms with Crippen molar-refractivity contribution in [1.82, 2.24) is 24.6 Å². The maximum absolute atomic E-state index is 4.73. The molecule has 6 nitrogen and oxygen atoms in total. The highest BCUT2D eigenvalue weighted by Crippen LogP contribution is 2.26. The predicted molar refractivity (Wildman–Crippen MR) is 89.4 cm³/mol. The van der Waals surface area contributed by atoms with Gasteiger partial charge in [0.05, 0.1) is 17.6 Å². The van der Waals surface area contributed by atoms with Crippen LogP contribution in [0.5, 0.6) is 0 Å². The largest absolute Gasteiger partial charge is 0.352 e. The van der Waals surface area contributed by atoms with E-state index in [0.717, 1.165) is 31.9 Å². The molecule has 0 bridgehead atoms. The van der Waals surface area contributed by atoms with Crippen LogP contribution in [-0.2, 0) is 26.4 Å². The van der Waals surface area contributed by atoms with E-state index in [1.54, 1.807) is 12.4 Å². The Hall–Kier alpha value is -1.95. The number of aryl methyl sites for hydroxylation is 2. The molecule has 0 radical (unpaired) electrons. The summed E-state index contributed by atoms with van der Waals surface area (Å²) in [5.41, 5.74) is 4.24. The molecule has 6 heteroatoms. The lowest BCUT2D eigenvalue weighted by atomic mass is 9.95. The quantitative estimate of drug-likeness (QED) is 0.854. The molecule has 1 saturated heterocycles. The highest BCUT2D eigenvalue weighted by molar-refractivity contribution is 5.40. The Morgan fingerprint density at radius 1 is 1.22 bits per heavy atom. The third kappa shape index (κ3) is 2.72. The van der Waals surface area contributed by atoms with Crippen molar-refractivity contribution in [1.29, 1.82) is 0 Å². The molecule has 2 aromatic rings. The lowest BCUT2D eigenvalue weighted by Crippen LogP contribution is -2.58. The zero-order valence-electron chi connectivity index (χ0n) is 13.9. The molecule has 1 aliphatic heterocycles. The van der Waals surface area contributed by atoms with Gasteiger partial charge in [-0.15, -0.1) is 0 Å². The van der Waals surface area contributed by atoms with Crippen LogP contribution < -0.4 is 4.90 Å². The van der Waals surface area contributed by atoms with Crippen molar-refractivity contribution < 1.29 is 0 Å². The van der Waals surface area contributed by atoms with Crippen LogP contribution in [0.2, 0.25) is 0 Å². The monoisotopic (exact) mass is 312 g/mol. The van der Waals surface area contributed by atoms with E-state index in [9.17, 15) is 0 Å². The van der Waals surface area contributed by atoms with Crippen LogP contribution in [0.15, 0.2) is 18.6 Å². The molecule has 0 atom stereocenters. The van der Waals surface area contributed by atoms with Gasteiger partial charge in [-0.3, -0.25) is 14.6 Å². The number of hydrogen-bond acceptors (Lipinski definition) is 5. The Kier molecular flexibility index (Phi) is 3.77. The van der Waals surface area contributed by atoms with Gasteiger partial charge in [0.2, 0.25) is 0 Å². The average molecular weight is 312 g/mol. The van der Waals surface area contributed by atoms with Gasteiger partial charge in [0.25, 0.3) is 0 Å². The Morgan fingerprint density at radius 2 is 2.04 bits per heavy atom. The maximum atomic E-state index is 4.73. The molecule has 2 aromatic heterocycles. The zero-order chi connectivity index (χ0) is 15.8. The van der Waals surface area contributed by atoms with Gasteiger partial charge >= 0.3 is 0 Å². The predicted octanol–water partition coefficient (Wildman–Crippen LogP) is 1.41. The lowest BCUT2D eigenvalue weighted by Gasteiger charge is -2.44. The number of anilines is 1. The van der Waals surface area contributed by atoms with Crippen LogP contribution in [0.25, 0.3) is 0 Å². The summed E-state index contributed by atoms with van der Waals surface area (Å²) < 4.78 is 2.10. The molecule has 0 spiro atoms. The first-order valence-corrected chi connectivity index (χ1v) is 8.47.